The molecule has 0 unspecified atom stereocenters. The minimum Gasteiger partial charge on any atom is -0.395 e. The maximum Gasteiger partial charge on any atom is 0.133 e. The predicted octanol–water partition coefficient (Wildman–Crippen LogP) is -0.215. The van der Waals surface area contributed by atoms with Crippen LogP contribution < -0.4 is 0 Å². The van der Waals surface area contributed by atoms with Crippen molar-refractivity contribution in [3.63, 3.8) is 0 Å². The molecule has 1 aliphatic carbocycles. The lowest BCUT2D eigenvalue weighted by atomic mass is 9.93. The molecule has 0 amide bonds. The van der Waals surface area contributed by atoms with Crippen LogP contribution in [0.25, 0.3) is 0 Å². The summed E-state index contributed by atoms with van der Waals surface area (Å²) in [5.74, 6) is 0.342. The Morgan fingerprint density at radius 3 is 2.07 bits per heavy atom. The highest BCUT2D eigenvalue weighted by molar-refractivity contribution is 5.79. The van der Waals surface area contributed by atoms with E-state index in [-0.39, 0.29) is 13.2 Å². The summed E-state index contributed by atoms with van der Waals surface area (Å²) in [5.41, 5.74) is 0. The first-order valence-electron chi connectivity index (χ1n) is 5.25. The van der Waals surface area contributed by atoms with Crippen LogP contribution in [0.1, 0.15) is 25.7 Å². The average Bonchev–Trinajstić information content (AvgIpc) is 2.19. The van der Waals surface area contributed by atoms with Gasteiger partial charge >= 0.3 is 0 Å². The fourth-order valence-corrected chi connectivity index (χ4v) is 2.02. The lowest BCUT2D eigenvalue weighted by Crippen LogP contribution is -2.41. The Balaban J connectivity index is 2.38. The quantitative estimate of drug-likeness (QED) is 0.646. The van der Waals surface area contributed by atoms with Crippen LogP contribution in [0, 0.1) is 0 Å². The van der Waals surface area contributed by atoms with E-state index in [0.29, 0.717) is 37.8 Å². The molecule has 0 aliphatic heterocycles. The zero-order valence-corrected chi connectivity index (χ0v) is 8.48. The minimum absolute atomic E-state index is 0.116. The molecular weight excluding hydrogens is 182 g/mol. The molecule has 1 aliphatic rings. The third kappa shape index (κ3) is 3.36. The van der Waals surface area contributed by atoms with Crippen LogP contribution in [0.5, 0.6) is 0 Å². The molecular formula is C10H19NO3. The van der Waals surface area contributed by atoms with Crippen molar-refractivity contribution in [1.29, 1.82) is 0 Å². The Morgan fingerprint density at radius 2 is 1.64 bits per heavy atom. The number of hydrogen-bond donors (Lipinski definition) is 2. The first-order valence-corrected chi connectivity index (χ1v) is 5.25. The molecule has 0 atom stereocenters. The van der Waals surface area contributed by atoms with Gasteiger partial charge in [-0.1, -0.05) is 0 Å². The Kier molecular flexibility index (Phi) is 5.07. The van der Waals surface area contributed by atoms with E-state index in [9.17, 15) is 4.79 Å². The molecule has 0 aromatic heterocycles. The predicted molar refractivity (Wildman–Crippen MR) is 53.0 cm³/mol. The van der Waals surface area contributed by atoms with Gasteiger partial charge in [-0.25, -0.2) is 0 Å². The van der Waals surface area contributed by atoms with Crippen molar-refractivity contribution < 1.29 is 15.0 Å². The van der Waals surface area contributed by atoms with Gasteiger partial charge in [0.25, 0.3) is 0 Å². The summed E-state index contributed by atoms with van der Waals surface area (Å²) in [6.45, 7) is 1.42. The molecule has 4 heteroatoms. The van der Waals surface area contributed by atoms with Gasteiger partial charge in [0, 0.05) is 32.0 Å². The van der Waals surface area contributed by atoms with E-state index in [1.807, 2.05) is 0 Å². The van der Waals surface area contributed by atoms with Gasteiger partial charge in [0.1, 0.15) is 5.78 Å². The number of rotatable bonds is 5. The summed E-state index contributed by atoms with van der Waals surface area (Å²) in [5, 5.41) is 17.7. The molecule has 4 nitrogen and oxygen atoms in total. The summed E-state index contributed by atoms with van der Waals surface area (Å²) in [7, 11) is 0. The van der Waals surface area contributed by atoms with Crippen molar-refractivity contribution in [2.24, 2.45) is 0 Å². The highest BCUT2D eigenvalue weighted by Gasteiger charge is 2.23. The molecule has 0 heterocycles. The van der Waals surface area contributed by atoms with E-state index >= 15 is 0 Å². The fourth-order valence-electron chi connectivity index (χ4n) is 2.02. The molecule has 14 heavy (non-hydrogen) atoms. The number of nitrogens with zero attached hydrogens (tertiary/aromatic N) is 1. The van der Waals surface area contributed by atoms with Gasteiger partial charge in [0.05, 0.1) is 13.2 Å². The summed E-state index contributed by atoms with van der Waals surface area (Å²) in [6, 6.07) is 0.368. The number of aliphatic hydroxyl groups excluding tert-OH is 2. The molecule has 0 bridgehead atoms. The van der Waals surface area contributed by atoms with Crippen LogP contribution in [-0.4, -0.2) is 53.2 Å². The Bertz CT molecular complexity index is 168. The fraction of sp³-hybridized carbons (Fsp3) is 0.900. The van der Waals surface area contributed by atoms with Crippen LogP contribution in [0.3, 0.4) is 0 Å². The van der Waals surface area contributed by atoms with E-state index in [0.717, 1.165) is 12.8 Å². The van der Waals surface area contributed by atoms with Crippen molar-refractivity contribution in [3.05, 3.63) is 0 Å². The molecule has 0 radical (unpaired) electrons. The summed E-state index contributed by atoms with van der Waals surface area (Å²) >= 11 is 0. The third-order valence-corrected chi connectivity index (χ3v) is 2.80. The second-order valence-electron chi connectivity index (χ2n) is 3.75. The molecule has 1 fully saturated rings. The van der Waals surface area contributed by atoms with Crippen molar-refractivity contribution >= 4 is 5.78 Å². The highest BCUT2D eigenvalue weighted by Crippen LogP contribution is 2.19. The number of Topliss-reactive ketones (excluding diaryl/α,β-unsaturated/α-hetero) is 1. The summed E-state index contributed by atoms with van der Waals surface area (Å²) in [4.78, 5) is 13.1. The van der Waals surface area contributed by atoms with Crippen molar-refractivity contribution in [1.82, 2.24) is 4.90 Å². The van der Waals surface area contributed by atoms with Crippen LogP contribution in [0.2, 0.25) is 0 Å². The number of hydrogen-bond acceptors (Lipinski definition) is 4. The molecule has 0 aromatic rings. The topological polar surface area (TPSA) is 60.8 Å². The molecule has 2 N–H and O–H groups in total. The van der Waals surface area contributed by atoms with Gasteiger partial charge in [0.2, 0.25) is 0 Å². The van der Waals surface area contributed by atoms with Crippen molar-refractivity contribution in [2.45, 2.75) is 31.7 Å². The van der Waals surface area contributed by atoms with Crippen molar-refractivity contribution in [3.8, 4) is 0 Å². The van der Waals surface area contributed by atoms with Crippen LogP contribution >= 0.6 is 0 Å². The Labute approximate surface area is 84.5 Å². The van der Waals surface area contributed by atoms with E-state index < -0.39 is 0 Å². The van der Waals surface area contributed by atoms with E-state index in [4.69, 9.17) is 10.2 Å². The first-order chi connectivity index (χ1) is 6.77. The molecule has 0 spiro atoms. The molecule has 1 rings (SSSR count). The zero-order chi connectivity index (χ0) is 10.4. The number of carbonyl (C=O) groups excluding carboxylic acids is 1. The Hall–Kier alpha value is -0.450. The number of carbonyl (C=O) groups is 1. The van der Waals surface area contributed by atoms with Gasteiger partial charge < -0.3 is 10.2 Å². The molecule has 1 saturated carbocycles. The average molecular weight is 201 g/mol. The van der Waals surface area contributed by atoms with E-state index in [1.165, 1.54) is 0 Å². The highest BCUT2D eigenvalue weighted by atomic mass is 16.3. The lowest BCUT2D eigenvalue weighted by molar-refractivity contribution is -0.121. The van der Waals surface area contributed by atoms with Crippen molar-refractivity contribution in [2.75, 3.05) is 26.3 Å². The molecule has 0 aromatic carbocycles. The van der Waals surface area contributed by atoms with E-state index in [2.05, 4.69) is 4.90 Å². The van der Waals surface area contributed by atoms with Gasteiger partial charge in [-0.2, -0.15) is 0 Å². The third-order valence-electron chi connectivity index (χ3n) is 2.80. The number of aliphatic hydroxyl groups is 2. The normalized spacial score (nSPS) is 19.2. The lowest BCUT2D eigenvalue weighted by Gasteiger charge is -2.32. The van der Waals surface area contributed by atoms with Gasteiger partial charge in [-0.3, -0.25) is 9.69 Å². The monoisotopic (exact) mass is 201 g/mol. The van der Waals surface area contributed by atoms with Gasteiger partial charge in [-0.05, 0) is 12.8 Å². The second-order valence-corrected chi connectivity index (χ2v) is 3.75. The van der Waals surface area contributed by atoms with Gasteiger partial charge in [0.15, 0.2) is 0 Å². The largest absolute Gasteiger partial charge is 0.395 e. The smallest absolute Gasteiger partial charge is 0.133 e. The second kappa shape index (κ2) is 6.11. The van der Waals surface area contributed by atoms with Crippen LogP contribution in [0.4, 0.5) is 0 Å². The Morgan fingerprint density at radius 1 is 1.14 bits per heavy atom. The summed E-state index contributed by atoms with van der Waals surface area (Å²) < 4.78 is 0. The summed E-state index contributed by atoms with van der Waals surface area (Å²) in [6.07, 6.45) is 3.05. The van der Waals surface area contributed by atoms with Gasteiger partial charge in [-0.15, -0.1) is 0 Å². The van der Waals surface area contributed by atoms with E-state index in [1.54, 1.807) is 0 Å². The minimum atomic E-state index is 0.116. The maximum atomic E-state index is 11.0. The SMILES string of the molecule is O=C1CCC(N(CCO)CCO)CC1. The van der Waals surface area contributed by atoms with Crippen LogP contribution in [-0.2, 0) is 4.79 Å². The molecule has 82 valence electrons. The number of ketones is 1. The zero-order valence-electron chi connectivity index (χ0n) is 8.48. The maximum absolute atomic E-state index is 11.0. The first kappa shape index (κ1) is 11.6. The van der Waals surface area contributed by atoms with Crippen LogP contribution in [0.15, 0.2) is 0 Å². The standard InChI is InChI=1S/C10H19NO3/c12-7-5-11(6-8-13)9-1-3-10(14)4-2-9/h9,12-13H,1-8H2. The molecule has 0 saturated heterocycles.